The first kappa shape index (κ1) is 19.1. The molecule has 2 rings (SSSR count). The SMILES string of the molecule is CCc1ccc(/C=C2/SC(=S)N([C@H](CCC(=O)O)C(=O)O)C2=O)cc1. The highest BCUT2D eigenvalue weighted by atomic mass is 32.2. The van der Waals surface area contributed by atoms with Crippen molar-refractivity contribution in [1.29, 1.82) is 0 Å². The summed E-state index contributed by atoms with van der Waals surface area (Å²) in [6, 6.07) is 6.39. The van der Waals surface area contributed by atoms with Crippen LogP contribution >= 0.6 is 24.0 Å². The molecule has 8 heteroatoms. The molecule has 0 spiro atoms. The molecule has 132 valence electrons. The molecule has 0 saturated carbocycles. The summed E-state index contributed by atoms with van der Waals surface area (Å²) in [7, 11) is 0. The maximum Gasteiger partial charge on any atom is 0.326 e. The predicted octanol–water partition coefficient (Wildman–Crippen LogP) is 2.77. The second-order valence-electron chi connectivity index (χ2n) is 5.43. The number of hydrogen-bond acceptors (Lipinski definition) is 5. The van der Waals surface area contributed by atoms with Crippen LogP contribution in [0.1, 0.15) is 30.9 Å². The van der Waals surface area contributed by atoms with Crippen molar-refractivity contribution in [2.75, 3.05) is 0 Å². The summed E-state index contributed by atoms with van der Waals surface area (Å²) in [5, 5.41) is 18.1. The van der Waals surface area contributed by atoms with E-state index < -0.39 is 23.9 Å². The van der Waals surface area contributed by atoms with E-state index in [2.05, 4.69) is 0 Å². The van der Waals surface area contributed by atoms with Crippen molar-refractivity contribution in [1.82, 2.24) is 4.90 Å². The van der Waals surface area contributed by atoms with E-state index in [1.807, 2.05) is 31.2 Å². The molecule has 0 bridgehead atoms. The maximum absolute atomic E-state index is 12.6. The lowest BCUT2D eigenvalue weighted by Gasteiger charge is -2.22. The Labute approximate surface area is 154 Å². The zero-order valence-electron chi connectivity index (χ0n) is 13.5. The summed E-state index contributed by atoms with van der Waals surface area (Å²) < 4.78 is 0.124. The van der Waals surface area contributed by atoms with Gasteiger partial charge in [-0.15, -0.1) is 0 Å². The third-order valence-corrected chi connectivity index (χ3v) is 5.07. The lowest BCUT2D eigenvalue weighted by Crippen LogP contribution is -2.44. The van der Waals surface area contributed by atoms with Crippen LogP contribution in [0.25, 0.3) is 6.08 Å². The molecule has 0 radical (unpaired) electrons. The number of aryl methyl sites for hydroxylation is 1. The lowest BCUT2D eigenvalue weighted by atomic mass is 10.1. The quantitative estimate of drug-likeness (QED) is 0.555. The Balaban J connectivity index is 2.23. The average molecular weight is 379 g/mol. The second-order valence-corrected chi connectivity index (χ2v) is 7.11. The van der Waals surface area contributed by atoms with Gasteiger partial charge in [0.05, 0.1) is 4.91 Å². The lowest BCUT2D eigenvalue weighted by molar-refractivity contribution is -0.146. The minimum Gasteiger partial charge on any atom is -0.481 e. The number of thioether (sulfide) groups is 1. The number of carbonyl (C=O) groups excluding carboxylic acids is 1. The molecule has 1 aromatic carbocycles. The summed E-state index contributed by atoms with van der Waals surface area (Å²) in [5.41, 5.74) is 1.99. The van der Waals surface area contributed by atoms with Crippen molar-refractivity contribution in [2.24, 2.45) is 0 Å². The molecule has 1 fully saturated rings. The van der Waals surface area contributed by atoms with Crippen LogP contribution in [-0.4, -0.2) is 43.3 Å². The minimum absolute atomic E-state index is 0.124. The number of benzene rings is 1. The van der Waals surface area contributed by atoms with Crippen molar-refractivity contribution in [3.05, 3.63) is 40.3 Å². The summed E-state index contributed by atoms with van der Waals surface area (Å²) in [6.45, 7) is 2.04. The van der Waals surface area contributed by atoms with Gasteiger partial charge < -0.3 is 10.2 Å². The van der Waals surface area contributed by atoms with Crippen molar-refractivity contribution < 1.29 is 24.6 Å². The molecule has 0 aromatic heterocycles. The molecule has 1 saturated heterocycles. The summed E-state index contributed by atoms with van der Waals surface area (Å²) in [4.78, 5) is 36.1. The van der Waals surface area contributed by atoms with Gasteiger partial charge in [0.2, 0.25) is 0 Å². The molecule has 25 heavy (non-hydrogen) atoms. The maximum atomic E-state index is 12.6. The van der Waals surface area contributed by atoms with E-state index >= 15 is 0 Å². The van der Waals surface area contributed by atoms with E-state index in [1.54, 1.807) is 6.08 Å². The third kappa shape index (κ3) is 4.67. The van der Waals surface area contributed by atoms with Gasteiger partial charge in [-0.25, -0.2) is 4.79 Å². The van der Waals surface area contributed by atoms with Crippen LogP contribution in [0.3, 0.4) is 0 Å². The first-order valence-electron chi connectivity index (χ1n) is 7.64. The van der Waals surface area contributed by atoms with Crippen LogP contribution in [-0.2, 0) is 20.8 Å². The molecule has 1 aliphatic heterocycles. The Morgan fingerprint density at radius 3 is 2.44 bits per heavy atom. The van der Waals surface area contributed by atoms with Gasteiger partial charge in [0.15, 0.2) is 0 Å². The molecule has 0 aliphatic carbocycles. The third-order valence-electron chi connectivity index (χ3n) is 3.74. The molecule has 6 nitrogen and oxygen atoms in total. The highest BCUT2D eigenvalue weighted by Gasteiger charge is 2.40. The van der Waals surface area contributed by atoms with Gasteiger partial charge in [0, 0.05) is 6.42 Å². The Bertz CT molecular complexity index is 742. The fourth-order valence-corrected chi connectivity index (χ4v) is 3.73. The molecular weight excluding hydrogens is 362 g/mol. The molecule has 1 heterocycles. The Kier molecular flexibility index (Phi) is 6.33. The predicted molar refractivity (Wildman–Crippen MR) is 99.1 cm³/mol. The minimum atomic E-state index is -1.28. The van der Waals surface area contributed by atoms with E-state index in [0.29, 0.717) is 4.91 Å². The first-order valence-corrected chi connectivity index (χ1v) is 8.86. The van der Waals surface area contributed by atoms with E-state index in [4.69, 9.17) is 17.3 Å². The van der Waals surface area contributed by atoms with Crippen molar-refractivity contribution in [2.45, 2.75) is 32.2 Å². The van der Waals surface area contributed by atoms with Gasteiger partial charge in [-0.3, -0.25) is 14.5 Å². The van der Waals surface area contributed by atoms with Crippen molar-refractivity contribution in [3.63, 3.8) is 0 Å². The summed E-state index contributed by atoms with van der Waals surface area (Å²) in [5.74, 6) is -2.90. The van der Waals surface area contributed by atoms with Crippen LogP contribution in [0.5, 0.6) is 0 Å². The van der Waals surface area contributed by atoms with Crippen LogP contribution < -0.4 is 0 Å². The molecule has 1 atom stereocenters. The van der Waals surface area contributed by atoms with E-state index in [0.717, 1.165) is 28.6 Å². The van der Waals surface area contributed by atoms with Gasteiger partial charge in [-0.1, -0.05) is 55.2 Å². The van der Waals surface area contributed by atoms with Gasteiger partial charge >= 0.3 is 11.9 Å². The zero-order valence-corrected chi connectivity index (χ0v) is 15.1. The van der Waals surface area contributed by atoms with Gasteiger partial charge in [-0.05, 0) is 30.0 Å². The van der Waals surface area contributed by atoms with Crippen molar-refractivity contribution >= 4 is 52.2 Å². The highest BCUT2D eigenvalue weighted by molar-refractivity contribution is 8.26. The molecule has 1 aromatic rings. The molecular formula is C17H17NO5S2. The monoisotopic (exact) mass is 379 g/mol. The van der Waals surface area contributed by atoms with Crippen molar-refractivity contribution in [3.8, 4) is 0 Å². The number of nitrogens with zero attached hydrogens (tertiary/aromatic N) is 1. The Hall–Kier alpha value is -2.19. The summed E-state index contributed by atoms with van der Waals surface area (Å²) >= 11 is 6.17. The number of carboxylic acid groups (broad SMARTS) is 2. The fourth-order valence-electron chi connectivity index (χ4n) is 2.37. The van der Waals surface area contributed by atoms with Crippen LogP contribution in [0.15, 0.2) is 29.2 Å². The Morgan fingerprint density at radius 2 is 1.92 bits per heavy atom. The Morgan fingerprint density at radius 1 is 1.28 bits per heavy atom. The van der Waals surface area contributed by atoms with Gasteiger partial charge in [0.1, 0.15) is 10.4 Å². The zero-order chi connectivity index (χ0) is 18.6. The number of aliphatic carboxylic acids is 2. The van der Waals surface area contributed by atoms with Gasteiger partial charge in [-0.2, -0.15) is 0 Å². The van der Waals surface area contributed by atoms with E-state index in [-0.39, 0.29) is 17.2 Å². The number of hydrogen-bond donors (Lipinski definition) is 2. The van der Waals surface area contributed by atoms with E-state index in [1.165, 1.54) is 5.56 Å². The average Bonchev–Trinajstić information content (AvgIpc) is 2.83. The fraction of sp³-hybridized carbons (Fsp3) is 0.294. The number of carboxylic acids is 2. The summed E-state index contributed by atoms with van der Waals surface area (Å²) in [6.07, 6.45) is 2.02. The van der Waals surface area contributed by atoms with Crippen LogP contribution in [0, 0.1) is 0 Å². The van der Waals surface area contributed by atoms with Gasteiger partial charge in [0.25, 0.3) is 5.91 Å². The highest BCUT2D eigenvalue weighted by Crippen LogP contribution is 2.35. The molecule has 1 amide bonds. The second kappa shape index (κ2) is 8.26. The standard InChI is InChI=1S/C17H17NO5S2/c1-2-10-3-5-11(6-4-10)9-13-15(21)18(17(24)25-13)12(16(22)23)7-8-14(19)20/h3-6,9,12H,2,7-8H2,1H3,(H,19,20)(H,22,23)/b13-9+/t12-/m1/s1. The number of thiocarbonyl (C=S) groups is 1. The largest absolute Gasteiger partial charge is 0.481 e. The van der Waals surface area contributed by atoms with Crippen LogP contribution in [0.2, 0.25) is 0 Å². The van der Waals surface area contributed by atoms with Crippen LogP contribution in [0.4, 0.5) is 0 Å². The molecule has 2 N–H and O–H groups in total. The molecule has 1 aliphatic rings. The number of carbonyl (C=O) groups is 3. The van der Waals surface area contributed by atoms with E-state index in [9.17, 15) is 19.5 Å². The topological polar surface area (TPSA) is 94.9 Å². The smallest absolute Gasteiger partial charge is 0.326 e. The normalized spacial score (nSPS) is 17.2. The number of rotatable bonds is 7. The first-order chi connectivity index (χ1) is 11.8. The number of amides is 1. The molecule has 0 unspecified atom stereocenters.